The molecule has 0 fully saturated rings. The van der Waals surface area contributed by atoms with Crippen molar-refractivity contribution >= 4 is 11.7 Å². The molecule has 1 rings (SSSR count). The number of terminal acetylenes is 1. The third kappa shape index (κ3) is 2.02. The predicted molar refractivity (Wildman–Crippen MR) is 52.2 cm³/mol. The summed E-state index contributed by atoms with van der Waals surface area (Å²) in [6, 6.07) is 7.38. The molecule has 0 aliphatic heterocycles. The zero-order chi connectivity index (χ0) is 10.6. The number of nitrogens with zero attached hydrogens (tertiary/aromatic N) is 1. The lowest BCUT2D eigenvalue weighted by Gasteiger charge is -2.16. The van der Waals surface area contributed by atoms with Crippen molar-refractivity contribution in [2.75, 3.05) is 11.9 Å². The smallest absolute Gasteiger partial charge is 0.294 e. The average molecular weight is 192 g/mol. The second-order valence-corrected chi connectivity index (χ2v) is 2.58. The minimum atomic E-state index is -0.544. The van der Waals surface area contributed by atoms with Gasteiger partial charge in [-0.05, 0) is 12.1 Å². The summed E-state index contributed by atoms with van der Waals surface area (Å²) in [5.41, 5.74) is 0.181. The summed E-state index contributed by atoms with van der Waals surface area (Å²) in [5.74, 6) is -0.470. The molecule has 0 atom stereocenters. The molecule has 0 saturated heterocycles. The van der Waals surface area contributed by atoms with Gasteiger partial charge in [0.05, 0.1) is 5.69 Å². The number of nitrogens with one attached hydrogen (secondary N) is 1. The molecule has 0 aromatic heterocycles. The molecule has 0 spiro atoms. The largest absolute Gasteiger partial charge is 0.333 e. The standard InChI is InChI=1S/C10H9FN2O/c1-3-12-10(14)13(2)9-7-5-4-6-8(9)11/h1,4-7H,2H3,(H,12,14). The van der Waals surface area contributed by atoms with Crippen LogP contribution in [0.2, 0.25) is 0 Å². The molecule has 0 unspecified atom stereocenters. The zero-order valence-corrected chi connectivity index (χ0v) is 7.62. The van der Waals surface area contributed by atoms with E-state index in [2.05, 4.69) is 5.32 Å². The summed E-state index contributed by atoms with van der Waals surface area (Å²) >= 11 is 0. The van der Waals surface area contributed by atoms with Crippen LogP contribution in [0.15, 0.2) is 24.3 Å². The number of halogens is 1. The van der Waals surface area contributed by atoms with Gasteiger partial charge in [0, 0.05) is 13.1 Å². The number of hydrogen-bond donors (Lipinski definition) is 1. The number of urea groups is 1. The Bertz CT molecular complexity index is 384. The molecule has 72 valence electrons. The second-order valence-electron chi connectivity index (χ2n) is 2.58. The molecule has 0 bridgehead atoms. The van der Waals surface area contributed by atoms with Crippen molar-refractivity contribution in [1.82, 2.24) is 5.32 Å². The highest BCUT2D eigenvalue weighted by Gasteiger charge is 2.12. The lowest BCUT2D eigenvalue weighted by molar-refractivity contribution is 0.251. The van der Waals surface area contributed by atoms with Gasteiger partial charge in [-0.15, -0.1) is 0 Å². The molecule has 1 N–H and O–H groups in total. The highest BCUT2D eigenvalue weighted by atomic mass is 19.1. The Kier molecular flexibility index (Phi) is 3.08. The first-order valence-corrected chi connectivity index (χ1v) is 3.90. The first-order chi connectivity index (χ1) is 6.66. The van der Waals surface area contributed by atoms with E-state index in [1.165, 1.54) is 19.2 Å². The van der Waals surface area contributed by atoms with Gasteiger partial charge in [0.15, 0.2) is 0 Å². The Morgan fingerprint density at radius 1 is 1.57 bits per heavy atom. The normalized spacial score (nSPS) is 8.93. The summed E-state index contributed by atoms with van der Waals surface area (Å²) in [6.07, 6.45) is 4.88. The van der Waals surface area contributed by atoms with Crippen LogP contribution in [0.1, 0.15) is 0 Å². The van der Waals surface area contributed by atoms with Crippen LogP contribution in [0.25, 0.3) is 0 Å². The van der Waals surface area contributed by atoms with E-state index in [1.54, 1.807) is 12.1 Å². The first kappa shape index (κ1) is 10.1. The monoisotopic (exact) mass is 192 g/mol. The van der Waals surface area contributed by atoms with E-state index < -0.39 is 11.8 Å². The molecule has 1 aromatic carbocycles. The molecule has 0 saturated carbocycles. The quantitative estimate of drug-likeness (QED) is 0.531. The third-order valence-corrected chi connectivity index (χ3v) is 1.70. The van der Waals surface area contributed by atoms with Crippen LogP contribution in [-0.2, 0) is 0 Å². The van der Waals surface area contributed by atoms with Crippen LogP contribution in [0.3, 0.4) is 0 Å². The number of benzene rings is 1. The maximum absolute atomic E-state index is 13.2. The SMILES string of the molecule is C#CNC(=O)N(C)c1ccccc1F. The maximum Gasteiger partial charge on any atom is 0.333 e. The fourth-order valence-electron chi connectivity index (χ4n) is 0.979. The van der Waals surface area contributed by atoms with Gasteiger partial charge in [-0.1, -0.05) is 18.6 Å². The summed E-state index contributed by atoms with van der Waals surface area (Å²) in [6.45, 7) is 0. The van der Waals surface area contributed by atoms with Crippen LogP contribution < -0.4 is 10.2 Å². The van der Waals surface area contributed by atoms with Crippen molar-refractivity contribution in [2.24, 2.45) is 0 Å². The van der Waals surface area contributed by atoms with Crippen LogP contribution in [0.4, 0.5) is 14.9 Å². The van der Waals surface area contributed by atoms with E-state index in [1.807, 2.05) is 6.04 Å². The Hall–Kier alpha value is -2.02. The highest BCUT2D eigenvalue weighted by molar-refractivity contribution is 5.92. The molecule has 0 aliphatic carbocycles. The predicted octanol–water partition coefficient (Wildman–Crippen LogP) is 1.56. The first-order valence-electron chi connectivity index (χ1n) is 3.90. The van der Waals surface area contributed by atoms with Crippen molar-refractivity contribution < 1.29 is 9.18 Å². The maximum atomic E-state index is 13.2. The molecule has 2 amide bonds. The number of carbonyl (C=O) groups excluding carboxylic acids is 1. The number of amides is 2. The third-order valence-electron chi connectivity index (χ3n) is 1.70. The topological polar surface area (TPSA) is 32.3 Å². The summed E-state index contributed by atoms with van der Waals surface area (Å²) in [7, 11) is 1.44. The van der Waals surface area contributed by atoms with Crippen molar-refractivity contribution in [1.29, 1.82) is 0 Å². The van der Waals surface area contributed by atoms with Gasteiger partial charge >= 0.3 is 6.03 Å². The van der Waals surface area contributed by atoms with E-state index in [-0.39, 0.29) is 5.69 Å². The minimum absolute atomic E-state index is 0.181. The van der Waals surface area contributed by atoms with Crippen LogP contribution in [0, 0.1) is 18.3 Å². The van der Waals surface area contributed by atoms with E-state index in [4.69, 9.17) is 6.42 Å². The Morgan fingerprint density at radius 3 is 2.79 bits per heavy atom. The van der Waals surface area contributed by atoms with Crippen LogP contribution >= 0.6 is 0 Å². The number of carbonyl (C=O) groups is 1. The number of rotatable bonds is 1. The van der Waals surface area contributed by atoms with Crippen molar-refractivity contribution in [3.63, 3.8) is 0 Å². The molecule has 4 heteroatoms. The summed E-state index contributed by atoms with van der Waals surface area (Å²) in [5, 5.41) is 2.12. The molecular weight excluding hydrogens is 183 g/mol. The number of anilines is 1. The highest BCUT2D eigenvalue weighted by Crippen LogP contribution is 2.16. The van der Waals surface area contributed by atoms with Crippen molar-refractivity contribution in [3.8, 4) is 12.5 Å². The zero-order valence-electron chi connectivity index (χ0n) is 7.62. The Balaban J connectivity index is 2.90. The second kappa shape index (κ2) is 4.28. The van der Waals surface area contributed by atoms with E-state index in [0.717, 1.165) is 4.90 Å². The molecular formula is C10H9FN2O. The van der Waals surface area contributed by atoms with Crippen molar-refractivity contribution in [2.45, 2.75) is 0 Å². The molecule has 0 heterocycles. The summed E-state index contributed by atoms with van der Waals surface area (Å²) < 4.78 is 13.2. The van der Waals surface area contributed by atoms with Gasteiger partial charge < -0.3 is 0 Å². The lowest BCUT2D eigenvalue weighted by atomic mass is 10.3. The van der Waals surface area contributed by atoms with Gasteiger partial charge in [-0.25, -0.2) is 9.18 Å². The Morgan fingerprint density at radius 2 is 2.21 bits per heavy atom. The molecule has 14 heavy (non-hydrogen) atoms. The minimum Gasteiger partial charge on any atom is -0.294 e. The lowest BCUT2D eigenvalue weighted by Crippen LogP contribution is -2.34. The van der Waals surface area contributed by atoms with E-state index >= 15 is 0 Å². The fourth-order valence-corrected chi connectivity index (χ4v) is 0.979. The molecule has 0 aliphatic rings. The Labute approximate surface area is 81.5 Å². The van der Waals surface area contributed by atoms with Crippen molar-refractivity contribution in [3.05, 3.63) is 30.1 Å². The number of hydrogen-bond acceptors (Lipinski definition) is 1. The van der Waals surface area contributed by atoms with Gasteiger partial charge in [0.2, 0.25) is 0 Å². The summed E-state index contributed by atoms with van der Waals surface area (Å²) in [4.78, 5) is 12.3. The van der Waals surface area contributed by atoms with Gasteiger partial charge in [-0.2, -0.15) is 0 Å². The van der Waals surface area contributed by atoms with Gasteiger partial charge in [0.1, 0.15) is 5.82 Å². The van der Waals surface area contributed by atoms with E-state index in [0.29, 0.717) is 0 Å². The molecule has 0 radical (unpaired) electrons. The average Bonchev–Trinajstić information content (AvgIpc) is 2.18. The van der Waals surface area contributed by atoms with Gasteiger partial charge in [-0.3, -0.25) is 10.2 Å². The van der Waals surface area contributed by atoms with Crippen LogP contribution in [0.5, 0.6) is 0 Å². The van der Waals surface area contributed by atoms with E-state index in [9.17, 15) is 9.18 Å². The fraction of sp³-hybridized carbons (Fsp3) is 0.100. The number of para-hydroxylation sites is 1. The molecule has 3 nitrogen and oxygen atoms in total. The molecule has 1 aromatic rings. The van der Waals surface area contributed by atoms with Crippen LogP contribution in [-0.4, -0.2) is 13.1 Å². The van der Waals surface area contributed by atoms with Gasteiger partial charge in [0.25, 0.3) is 0 Å².